The Labute approximate surface area is 194 Å². The van der Waals surface area contributed by atoms with E-state index in [0.29, 0.717) is 36.6 Å². The average Bonchev–Trinajstić information content (AvgIpc) is 3.30. The zero-order valence-electron chi connectivity index (χ0n) is 18.5. The number of benzene rings is 1. The molecule has 1 saturated heterocycles. The Morgan fingerprint density at radius 1 is 1.15 bits per heavy atom. The number of anilines is 1. The van der Waals surface area contributed by atoms with Crippen LogP contribution in [0.3, 0.4) is 0 Å². The van der Waals surface area contributed by atoms with Crippen LogP contribution in [-0.2, 0) is 11.0 Å². The third-order valence-electron chi connectivity index (χ3n) is 5.76. The van der Waals surface area contributed by atoms with E-state index in [4.69, 9.17) is 11.6 Å². The monoisotopic (exact) mass is 480 g/mol. The Balaban J connectivity index is 1.74. The van der Waals surface area contributed by atoms with Gasteiger partial charge in [0.2, 0.25) is 0 Å². The summed E-state index contributed by atoms with van der Waals surface area (Å²) in [4.78, 5) is 18.8. The predicted octanol–water partition coefficient (Wildman–Crippen LogP) is 5.33. The molecule has 4 rings (SSSR count). The Morgan fingerprint density at radius 2 is 1.85 bits per heavy atom. The third-order valence-corrected chi connectivity index (χ3v) is 6.02. The summed E-state index contributed by atoms with van der Waals surface area (Å²) in [6.07, 6.45) is -1.83. The summed E-state index contributed by atoms with van der Waals surface area (Å²) in [6, 6.07) is 6.32. The van der Waals surface area contributed by atoms with Gasteiger partial charge in [-0.25, -0.2) is 9.67 Å². The van der Waals surface area contributed by atoms with Crippen molar-refractivity contribution in [3.63, 3.8) is 0 Å². The van der Waals surface area contributed by atoms with Gasteiger partial charge >= 0.3 is 6.18 Å². The molecule has 1 fully saturated rings. The first-order chi connectivity index (χ1) is 15.6. The lowest BCUT2D eigenvalue weighted by Crippen LogP contribution is -2.37. The maximum atomic E-state index is 13.6. The Hall–Kier alpha value is -2.88. The lowest BCUT2D eigenvalue weighted by molar-refractivity contribution is -0.141. The smallest absolute Gasteiger partial charge is 0.322 e. The summed E-state index contributed by atoms with van der Waals surface area (Å²) in [5.41, 5.74) is 0.491. The number of hydrogen-bond acceptors (Lipinski definition) is 4. The average molecular weight is 481 g/mol. The van der Waals surface area contributed by atoms with E-state index in [1.165, 1.54) is 11.5 Å². The van der Waals surface area contributed by atoms with Gasteiger partial charge < -0.3 is 4.57 Å². The summed E-state index contributed by atoms with van der Waals surface area (Å²) in [6.45, 7) is 5.84. The van der Waals surface area contributed by atoms with Crippen LogP contribution in [0.15, 0.2) is 30.5 Å². The minimum absolute atomic E-state index is 0.0213. The van der Waals surface area contributed by atoms with Gasteiger partial charge in [0.25, 0.3) is 5.91 Å². The van der Waals surface area contributed by atoms with Crippen LogP contribution >= 0.6 is 11.6 Å². The van der Waals surface area contributed by atoms with Crippen LogP contribution < -0.4 is 4.90 Å². The zero-order valence-corrected chi connectivity index (χ0v) is 19.2. The number of carbonyl (C=O) groups is 1. The first-order valence-corrected chi connectivity index (χ1v) is 11.1. The van der Waals surface area contributed by atoms with Crippen molar-refractivity contribution in [3.8, 4) is 5.69 Å². The van der Waals surface area contributed by atoms with Crippen LogP contribution in [0.1, 0.15) is 62.3 Å². The molecule has 2 aromatic heterocycles. The van der Waals surface area contributed by atoms with E-state index in [0.717, 1.165) is 17.6 Å². The molecule has 0 spiro atoms. The molecule has 1 amide bonds. The van der Waals surface area contributed by atoms with Crippen molar-refractivity contribution in [2.24, 2.45) is 0 Å². The maximum Gasteiger partial charge on any atom is 0.434 e. The van der Waals surface area contributed by atoms with Gasteiger partial charge in [-0.3, -0.25) is 9.69 Å². The molecule has 3 aromatic rings. The molecule has 0 saturated carbocycles. The van der Waals surface area contributed by atoms with Gasteiger partial charge in [0.1, 0.15) is 11.9 Å². The molecule has 0 aliphatic carbocycles. The van der Waals surface area contributed by atoms with Crippen molar-refractivity contribution < 1.29 is 18.0 Å². The molecular weight excluding hydrogens is 457 g/mol. The molecule has 1 aliphatic heterocycles. The lowest BCUT2D eigenvalue weighted by atomic mass is 10.1. The number of hydrogen-bond donors (Lipinski definition) is 0. The van der Waals surface area contributed by atoms with Crippen molar-refractivity contribution >= 4 is 23.3 Å². The van der Waals surface area contributed by atoms with Crippen LogP contribution in [0.5, 0.6) is 0 Å². The SMILES string of the molecule is Cc1nc(C(F)(F)F)cn1[C@H]1CCCCN(c2nnn(-c3ccc(Cl)cc3)c2C(C)C)C1=O. The summed E-state index contributed by atoms with van der Waals surface area (Å²) in [7, 11) is 0. The van der Waals surface area contributed by atoms with Gasteiger partial charge in [0, 0.05) is 17.8 Å². The second-order valence-corrected chi connectivity index (χ2v) is 8.86. The van der Waals surface area contributed by atoms with E-state index in [1.54, 1.807) is 21.7 Å². The van der Waals surface area contributed by atoms with Crippen molar-refractivity contribution in [1.29, 1.82) is 0 Å². The minimum atomic E-state index is -4.57. The number of rotatable bonds is 4. The molecule has 0 N–H and O–H groups in total. The molecule has 33 heavy (non-hydrogen) atoms. The van der Waals surface area contributed by atoms with Gasteiger partial charge in [-0.15, -0.1) is 5.10 Å². The van der Waals surface area contributed by atoms with Crippen molar-refractivity contribution in [2.45, 2.75) is 58.2 Å². The maximum absolute atomic E-state index is 13.6. The van der Waals surface area contributed by atoms with Gasteiger partial charge in [-0.05, 0) is 56.4 Å². The molecule has 1 aromatic carbocycles. The molecule has 0 unspecified atom stereocenters. The molecule has 7 nitrogen and oxygen atoms in total. The highest BCUT2D eigenvalue weighted by molar-refractivity contribution is 6.30. The van der Waals surface area contributed by atoms with E-state index >= 15 is 0 Å². The number of alkyl halides is 3. The fraction of sp³-hybridized carbons (Fsp3) is 0.455. The lowest BCUT2D eigenvalue weighted by Gasteiger charge is -2.25. The molecule has 1 atom stereocenters. The molecular formula is C22H24ClF3N6O. The molecule has 0 bridgehead atoms. The van der Waals surface area contributed by atoms with E-state index in [-0.39, 0.29) is 17.6 Å². The number of imidazole rings is 1. The van der Waals surface area contributed by atoms with Gasteiger partial charge in [-0.1, -0.05) is 30.7 Å². The predicted molar refractivity (Wildman–Crippen MR) is 118 cm³/mol. The fourth-order valence-electron chi connectivity index (χ4n) is 4.18. The van der Waals surface area contributed by atoms with Crippen LogP contribution in [0.2, 0.25) is 5.02 Å². The molecule has 176 valence electrons. The zero-order chi connectivity index (χ0) is 23.9. The van der Waals surface area contributed by atoms with Crippen LogP contribution in [-0.4, -0.2) is 37.0 Å². The highest BCUT2D eigenvalue weighted by Gasteiger charge is 2.38. The Bertz CT molecular complexity index is 1150. The first kappa shape index (κ1) is 23.3. The van der Waals surface area contributed by atoms with E-state index in [2.05, 4.69) is 15.3 Å². The van der Waals surface area contributed by atoms with Crippen molar-refractivity contribution in [2.75, 3.05) is 11.4 Å². The van der Waals surface area contributed by atoms with Gasteiger partial charge in [-0.2, -0.15) is 13.2 Å². The fourth-order valence-corrected chi connectivity index (χ4v) is 4.30. The number of carbonyl (C=O) groups excluding carboxylic acids is 1. The molecule has 11 heteroatoms. The van der Waals surface area contributed by atoms with Crippen molar-refractivity contribution in [3.05, 3.63) is 52.7 Å². The molecule has 3 heterocycles. The quantitative estimate of drug-likeness (QED) is 0.506. The van der Waals surface area contributed by atoms with E-state index < -0.39 is 17.9 Å². The van der Waals surface area contributed by atoms with Crippen LogP contribution in [0.25, 0.3) is 5.69 Å². The summed E-state index contributed by atoms with van der Waals surface area (Å²) < 4.78 is 42.6. The third kappa shape index (κ3) is 4.48. The number of nitrogens with zero attached hydrogens (tertiary/aromatic N) is 6. The second-order valence-electron chi connectivity index (χ2n) is 8.42. The highest BCUT2D eigenvalue weighted by Crippen LogP contribution is 2.35. The largest absolute Gasteiger partial charge is 0.434 e. The number of halogens is 4. The van der Waals surface area contributed by atoms with Crippen LogP contribution in [0, 0.1) is 6.92 Å². The molecule has 0 radical (unpaired) electrons. The number of amides is 1. The Morgan fingerprint density at radius 3 is 2.45 bits per heavy atom. The van der Waals surface area contributed by atoms with E-state index in [9.17, 15) is 18.0 Å². The van der Waals surface area contributed by atoms with E-state index in [1.807, 2.05) is 26.0 Å². The second kappa shape index (κ2) is 8.81. The summed E-state index contributed by atoms with van der Waals surface area (Å²) in [5, 5.41) is 9.21. The molecule has 1 aliphatic rings. The standard InChI is InChI=1S/C22H24ClF3N6O/c1-13(2)19-20(28-29-32(19)16-9-7-15(23)8-10-16)30-11-5-4-6-17(21(30)33)31-12-18(22(24,25)26)27-14(31)3/h7-10,12-13,17H,4-6,11H2,1-3H3/t17-/m0/s1. The minimum Gasteiger partial charge on any atom is -0.322 e. The van der Waals surface area contributed by atoms with Gasteiger partial charge in [0.05, 0.1) is 11.4 Å². The summed E-state index contributed by atoms with van der Waals surface area (Å²) in [5.74, 6) is 0.237. The topological polar surface area (TPSA) is 68.8 Å². The highest BCUT2D eigenvalue weighted by atomic mass is 35.5. The van der Waals surface area contributed by atoms with Crippen LogP contribution in [0.4, 0.5) is 19.0 Å². The number of aryl methyl sites for hydroxylation is 1. The first-order valence-electron chi connectivity index (χ1n) is 10.7. The van der Waals surface area contributed by atoms with Crippen molar-refractivity contribution in [1.82, 2.24) is 24.5 Å². The Kier molecular flexibility index (Phi) is 6.22. The number of aromatic nitrogens is 5. The summed E-state index contributed by atoms with van der Waals surface area (Å²) >= 11 is 6.01. The van der Waals surface area contributed by atoms with Gasteiger partial charge in [0.15, 0.2) is 11.5 Å². The normalized spacial score (nSPS) is 17.6.